The predicted octanol–water partition coefficient (Wildman–Crippen LogP) is 4.55. The lowest BCUT2D eigenvalue weighted by atomic mass is 9.83. The predicted molar refractivity (Wildman–Crippen MR) is 247 cm³/mol. The summed E-state index contributed by atoms with van der Waals surface area (Å²) in [5, 5.41) is 10.2. The summed E-state index contributed by atoms with van der Waals surface area (Å²) in [5.41, 5.74) is 0. The highest BCUT2D eigenvalue weighted by molar-refractivity contribution is 5.83. The number of carbonyl (C=O) groups excluding carboxylic acids is 4. The highest BCUT2D eigenvalue weighted by Crippen LogP contribution is 2.33. The fraction of sp³-hybridized carbons (Fsp3) is 0.917. The maximum absolute atomic E-state index is 11.9. The number of piperidine rings is 3. The topological polar surface area (TPSA) is 118 Å². The number of carbonyl (C=O) groups is 4. The van der Waals surface area contributed by atoms with Crippen molar-refractivity contribution in [2.24, 2.45) is 11.8 Å². The highest BCUT2D eigenvalue weighted by Gasteiger charge is 2.39. The summed E-state index contributed by atoms with van der Waals surface area (Å²) in [6.07, 6.45) is 12.4. The van der Waals surface area contributed by atoms with Gasteiger partial charge in [-0.3, -0.25) is 34.2 Å². The van der Waals surface area contributed by atoms with Crippen molar-refractivity contribution in [3.05, 3.63) is 0 Å². The molecule has 8 aliphatic rings. The molecule has 2 unspecified atom stereocenters. The van der Waals surface area contributed by atoms with Gasteiger partial charge in [-0.2, -0.15) is 0 Å². The third-order valence-corrected chi connectivity index (χ3v) is 15.6. The van der Waals surface area contributed by atoms with Crippen molar-refractivity contribution in [3.8, 4) is 0 Å². The van der Waals surface area contributed by atoms with E-state index in [0.717, 1.165) is 142 Å². The zero-order valence-electron chi connectivity index (χ0n) is 40.7. The van der Waals surface area contributed by atoms with Crippen LogP contribution < -0.4 is 0 Å². The lowest BCUT2D eigenvalue weighted by molar-refractivity contribution is -0.161. The van der Waals surface area contributed by atoms with E-state index in [1.165, 1.54) is 25.7 Å². The maximum Gasteiger partial charge on any atom is 0.249 e. The molecule has 0 aromatic rings. The van der Waals surface area contributed by atoms with E-state index in [-0.39, 0.29) is 17.9 Å². The minimum atomic E-state index is -0.0528. The van der Waals surface area contributed by atoms with Crippen LogP contribution in [0.5, 0.6) is 0 Å². The van der Waals surface area contributed by atoms with Gasteiger partial charge in [0.05, 0.1) is 6.04 Å². The number of hydrogen-bond acceptors (Lipinski definition) is 10. The van der Waals surface area contributed by atoms with E-state index in [1.54, 1.807) is 0 Å². The molecule has 0 aliphatic carbocycles. The Kier molecular flexibility index (Phi) is 19.8. The summed E-state index contributed by atoms with van der Waals surface area (Å²) in [4.78, 5) is 65.2. The van der Waals surface area contributed by atoms with Gasteiger partial charge in [-0.25, -0.2) is 5.06 Å². The first-order valence-corrected chi connectivity index (χ1v) is 25.1. The molecule has 8 heterocycles. The zero-order valence-corrected chi connectivity index (χ0v) is 40.7. The molecule has 356 valence electrons. The number of piperazine rings is 1. The van der Waals surface area contributed by atoms with Crippen molar-refractivity contribution in [2.45, 2.75) is 175 Å². The Balaban J connectivity index is 0.000000156. The highest BCUT2D eigenvalue weighted by atomic mass is 16.5. The second-order valence-corrected chi connectivity index (χ2v) is 20.7. The van der Waals surface area contributed by atoms with Gasteiger partial charge in [-0.15, -0.1) is 0 Å². The molecular weight excluding hydrogens is 783 g/mol. The van der Waals surface area contributed by atoms with Gasteiger partial charge in [0.25, 0.3) is 0 Å². The molecule has 62 heavy (non-hydrogen) atoms. The van der Waals surface area contributed by atoms with Crippen molar-refractivity contribution in [3.63, 3.8) is 0 Å². The molecule has 0 spiro atoms. The van der Waals surface area contributed by atoms with Crippen LogP contribution in [0.15, 0.2) is 0 Å². The van der Waals surface area contributed by atoms with Crippen molar-refractivity contribution < 1.29 is 24.4 Å². The molecule has 8 aliphatic heterocycles. The zero-order chi connectivity index (χ0) is 45.1. The smallest absolute Gasteiger partial charge is 0.249 e. The van der Waals surface area contributed by atoms with Gasteiger partial charge < -0.3 is 29.4 Å². The number of amides is 4. The van der Waals surface area contributed by atoms with E-state index in [9.17, 15) is 24.4 Å². The van der Waals surface area contributed by atoms with Gasteiger partial charge >= 0.3 is 0 Å². The summed E-state index contributed by atoms with van der Waals surface area (Å²) in [6.45, 7) is 32.5. The van der Waals surface area contributed by atoms with Gasteiger partial charge in [0, 0.05) is 141 Å². The third kappa shape index (κ3) is 13.8. The molecule has 14 heteroatoms. The van der Waals surface area contributed by atoms with Crippen molar-refractivity contribution in [2.75, 3.05) is 98.7 Å². The van der Waals surface area contributed by atoms with E-state index < -0.39 is 0 Å². The second kappa shape index (κ2) is 24.2. The molecule has 2 atom stereocenters. The quantitative estimate of drug-likeness (QED) is 0.349. The molecule has 0 aromatic heterocycles. The largest absolute Gasteiger partial charge is 0.344 e. The fourth-order valence-corrected chi connectivity index (χ4v) is 11.2. The summed E-state index contributed by atoms with van der Waals surface area (Å²) in [6, 6.07) is 3.78. The average molecular weight is 872 g/mol. The van der Waals surface area contributed by atoms with Crippen LogP contribution in [-0.4, -0.2) is 214 Å². The summed E-state index contributed by atoms with van der Waals surface area (Å²) >= 11 is 0. The van der Waals surface area contributed by atoms with E-state index >= 15 is 0 Å². The van der Waals surface area contributed by atoms with Gasteiger partial charge in [0.15, 0.2) is 0 Å². The van der Waals surface area contributed by atoms with Crippen LogP contribution in [-0.2, 0) is 19.2 Å². The third-order valence-electron chi connectivity index (χ3n) is 15.6. The Hall–Kier alpha value is -2.36. The Bertz CT molecular complexity index is 1290. The van der Waals surface area contributed by atoms with E-state index in [1.807, 2.05) is 11.9 Å². The fourth-order valence-electron chi connectivity index (χ4n) is 11.2. The molecule has 4 amide bonds. The van der Waals surface area contributed by atoms with Crippen LogP contribution in [0.25, 0.3) is 0 Å². The second-order valence-electron chi connectivity index (χ2n) is 20.7. The van der Waals surface area contributed by atoms with E-state index in [2.05, 4.69) is 89.7 Å². The Labute approximate surface area is 376 Å². The molecule has 14 nitrogen and oxygen atoms in total. The number of likely N-dealkylation sites (N-methyl/N-ethyl adjacent to an activating group) is 1. The van der Waals surface area contributed by atoms with Crippen LogP contribution >= 0.6 is 0 Å². The summed E-state index contributed by atoms with van der Waals surface area (Å²) < 4.78 is 0. The molecule has 0 aromatic carbocycles. The molecule has 8 saturated heterocycles. The summed E-state index contributed by atoms with van der Waals surface area (Å²) in [5.74, 6) is 1.61. The van der Waals surface area contributed by atoms with Gasteiger partial charge in [0.2, 0.25) is 23.6 Å². The van der Waals surface area contributed by atoms with Crippen LogP contribution in [0.4, 0.5) is 0 Å². The molecule has 8 rings (SSSR count). The van der Waals surface area contributed by atoms with E-state index in [4.69, 9.17) is 0 Å². The minimum Gasteiger partial charge on any atom is -0.344 e. The monoisotopic (exact) mass is 872 g/mol. The van der Waals surface area contributed by atoms with Gasteiger partial charge in [0.1, 0.15) is 0 Å². The molecule has 0 radical (unpaired) electrons. The first kappa shape index (κ1) is 50.6. The van der Waals surface area contributed by atoms with Crippen LogP contribution in [0, 0.1) is 11.8 Å². The average Bonchev–Trinajstić information content (AvgIpc) is 4.06. The maximum atomic E-state index is 11.9. The Morgan fingerprint density at radius 1 is 0.452 bits per heavy atom. The molecule has 1 N–H and O–H groups in total. The standard InChI is InChI=1S/C12H23N3O.C12H22N2O2.2C12H22N2O/c1-10(2)14-6-8-15(9-7-14)11-4-5-13(3)12(11)16;1-9(2)13-6-3-10(4-7-13)11-5-8-14(16)12(11)15;2*1-10(2)13-8-5-11(6-9-13)14-7-3-4-12(14)15/h10-11H,4-9H2,1-3H3;9-11,16H,3-8H2,1-2H3;2*10-11H,3-9H2,1-2H3. The number of nitrogens with zero attached hydrogens (tertiary/aromatic N) is 9. The number of rotatable bonds is 8. The number of hydroxylamine groups is 2. The van der Waals surface area contributed by atoms with Crippen LogP contribution in [0.3, 0.4) is 0 Å². The Morgan fingerprint density at radius 3 is 1.18 bits per heavy atom. The van der Waals surface area contributed by atoms with Crippen molar-refractivity contribution in [1.82, 2.24) is 44.3 Å². The van der Waals surface area contributed by atoms with E-state index in [0.29, 0.717) is 66.4 Å². The molecule has 0 saturated carbocycles. The lowest BCUT2D eigenvalue weighted by Crippen LogP contribution is -2.53. The molecule has 0 bridgehead atoms. The first-order valence-electron chi connectivity index (χ1n) is 25.1. The van der Waals surface area contributed by atoms with Crippen LogP contribution in [0.2, 0.25) is 0 Å². The SMILES string of the molecule is CC(C)N1CCC(C2CCN(O)C2=O)CC1.CC(C)N1CCC(N2CCCC2=O)CC1.CC(C)N1CCC(N2CCCC2=O)CC1.CC(C)N1CCN(C2CCN(C)C2=O)CC1. The van der Waals surface area contributed by atoms with Crippen molar-refractivity contribution in [1.29, 1.82) is 0 Å². The molecular formula is C48H89N9O5. The first-order chi connectivity index (χ1) is 29.5. The number of hydrogen-bond donors (Lipinski definition) is 1. The normalized spacial score (nSPS) is 27.5. The van der Waals surface area contributed by atoms with Gasteiger partial charge in [-0.05, 0) is 139 Å². The van der Waals surface area contributed by atoms with Gasteiger partial charge in [-0.1, -0.05) is 0 Å². The van der Waals surface area contributed by atoms with Crippen molar-refractivity contribution >= 4 is 23.6 Å². The van der Waals surface area contributed by atoms with Crippen LogP contribution in [0.1, 0.15) is 132 Å². The number of likely N-dealkylation sites (tertiary alicyclic amines) is 6. The minimum absolute atomic E-state index is 0.0528. The molecule has 8 fully saturated rings. The Morgan fingerprint density at radius 2 is 0.855 bits per heavy atom. The summed E-state index contributed by atoms with van der Waals surface area (Å²) in [7, 11) is 1.91. The lowest BCUT2D eigenvalue weighted by Gasteiger charge is -2.39.